The summed E-state index contributed by atoms with van der Waals surface area (Å²) in [5.41, 5.74) is 8.82. The lowest BCUT2D eigenvalue weighted by Gasteiger charge is -2.09. The summed E-state index contributed by atoms with van der Waals surface area (Å²) in [5.74, 6) is 5.82. The van der Waals surface area contributed by atoms with Crippen LogP contribution in [0.2, 0.25) is 0 Å². The Morgan fingerprint density at radius 3 is 2.37 bits per heavy atom. The van der Waals surface area contributed by atoms with E-state index in [0.29, 0.717) is 33.0 Å². The van der Waals surface area contributed by atoms with Gasteiger partial charge in [0.25, 0.3) is 5.91 Å². The first-order chi connectivity index (χ1) is 13.1. The van der Waals surface area contributed by atoms with Gasteiger partial charge in [0, 0.05) is 23.1 Å². The third-order valence-electron chi connectivity index (χ3n) is 3.90. The normalized spacial score (nSPS) is 11.1. The van der Waals surface area contributed by atoms with Crippen molar-refractivity contribution in [2.24, 2.45) is 0 Å². The van der Waals surface area contributed by atoms with Crippen molar-refractivity contribution in [3.8, 4) is 11.8 Å². The van der Waals surface area contributed by atoms with Gasteiger partial charge in [-0.3, -0.25) is 9.00 Å². The molecule has 0 aliphatic rings. The number of carbonyl (C=O) groups is 1. The highest BCUT2D eigenvalue weighted by atomic mass is 32.2. The molecule has 134 valence electrons. The first-order valence-electron chi connectivity index (χ1n) is 8.25. The largest absolute Gasteiger partial charge is 0.398 e. The van der Waals surface area contributed by atoms with Crippen LogP contribution in [0.1, 0.15) is 21.5 Å². The van der Waals surface area contributed by atoms with E-state index in [-0.39, 0.29) is 5.91 Å². The molecule has 0 unspecified atom stereocenters. The second-order valence-electron chi connectivity index (χ2n) is 5.79. The number of carbonyl (C=O) groups excluding carboxylic acids is 1. The van der Waals surface area contributed by atoms with Crippen LogP contribution in [0, 0.1) is 11.8 Å². The molecule has 3 aromatic rings. The van der Waals surface area contributed by atoms with E-state index < -0.39 is 10.8 Å². The Morgan fingerprint density at radius 2 is 1.63 bits per heavy atom. The molecule has 0 fully saturated rings. The van der Waals surface area contributed by atoms with Gasteiger partial charge >= 0.3 is 0 Å². The number of nitrogen functional groups attached to an aromatic ring is 1. The molecule has 0 saturated carbocycles. The van der Waals surface area contributed by atoms with Crippen LogP contribution in [0.5, 0.6) is 0 Å². The molecule has 4 nitrogen and oxygen atoms in total. The van der Waals surface area contributed by atoms with E-state index in [0.717, 1.165) is 0 Å². The van der Waals surface area contributed by atoms with Gasteiger partial charge in [-0.25, -0.2) is 0 Å². The minimum absolute atomic E-state index is 0.237. The molecule has 0 radical (unpaired) electrons. The number of amides is 1. The maximum atomic E-state index is 12.5. The van der Waals surface area contributed by atoms with Crippen LogP contribution in [0.3, 0.4) is 0 Å². The van der Waals surface area contributed by atoms with Crippen LogP contribution < -0.4 is 11.1 Å². The Balaban J connectivity index is 1.97. The summed E-state index contributed by atoms with van der Waals surface area (Å²) >= 11 is 0. The van der Waals surface area contributed by atoms with E-state index in [2.05, 4.69) is 17.2 Å². The molecular formula is C22H18N2O2S. The second kappa shape index (κ2) is 8.35. The maximum absolute atomic E-state index is 12.5. The third-order valence-corrected chi connectivity index (χ3v) is 4.88. The van der Waals surface area contributed by atoms with Crippen molar-refractivity contribution in [2.75, 3.05) is 17.3 Å². The van der Waals surface area contributed by atoms with E-state index in [1.54, 1.807) is 54.8 Å². The molecule has 0 bridgehead atoms. The summed E-state index contributed by atoms with van der Waals surface area (Å²) in [7, 11) is -1.15. The number of hydrogen-bond donors (Lipinski definition) is 2. The third kappa shape index (κ3) is 4.43. The first kappa shape index (κ1) is 18.4. The second-order valence-corrected chi connectivity index (χ2v) is 7.14. The highest BCUT2D eigenvalue weighted by Gasteiger charge is 2.10. The fourth-order valence-electron chi connectivity index (χ4n) is 2.55. The minimum atomic E-state index is -1.15. The molecule has 0 heterocycles. The Hall–Kier alpha value is -3.36. The van der Waals surface area contributed by atoms with Gasteiger partial charge in [0.05, 0.1) is 26.9 Å². The Labute approximate surface area is 160 Å². The van der Waals surface area contributed by atoms with Gasteiger partial charge in [-0.2, -0.15) is 0 Å². The predicted molar refractivity (Wildman–Crippen MR) is 110 cm³/mol. The molecule has 3 aromatic carbocycles. The molecule has 5 heteroatoms. The van der Waals surface area contributed by atoms with E-state index in [4.69, 9.17) is 5.73 Å². The molecule has 1 atom stereocenters. The number of benzene rings is 3. The Kier molecular flexibility index (Phi) is 5.70. The first-order valence-corrected chi connectivity index (χ1v) is 9.81. The molecule has 3 rings (SSSR count). The lowest BCUT2D eigenvalue weighted by atomic mass is 10.1. The van der Waals surface area contributed by atoms with Crippen LogP contribution in [-0.4, -0.2) is 16.4 Å². The van der Waals surface area contributed by atoms with E-state index in [1.807, 2.05) is 24.3 Å². The fraction of sp³-hybridized carbons (Fsp3) is 0.0455. The Bertz CT molecular complexity index is 1070. The lowest BCUT2D eigenvalue weighted by molar-refractivity contribution is 0.102. The van der Waals surface area contributed by atoms with E-state index in [1.165, 1.54) is 0 Å². The summed E-state index contributed by atoms with van der Waals surface area (Å²) in [5, 5.41) is 2.86. The van der Waals surface area contributed by atoms with Crippen molar-refractivity contribution in [3.05, 3.63) is 89.5 Å². The standard InChI is InChI=1S/C22H18N2O2S/c1-27(26)21-13-6-5-8-16(21)14-15-18-19(23)11-7-12-20(18)24-22(25)17-9-3-2-4-10-17/h2-13H,23H2,1H3,(H,24,25)/t27-/m0/s1. The fourth-order valence-corrected chi connectivity index (χ4v) is 3.25. The van der Waals surface area contributed by atoms with Crippen LogP contribution in [0.25, 0.3) is 0 Å². The number of hydrogen-bond acceptors (Lipinski definition) is 3. The van der Waals surface area contributed by atoms with Crippen LogP contribution in [0.4, 0.5) is 11.4 Å². The lowest BCUT2D eigenvalue weighted by Crippen LogP contribution is -2.13. The van der Waals surface area contributed by atoms with E-state index >= 15 is 0 Å². The Morgan fingerprint density at radius 1 is 0.926 bits per heavy atom. The van der Waals surface area contributed by atoms with Crippen molar-refractivity contribution in [2.45, 2.75) is 4.90 Å². The molecule has 0 spiro atoms. The van der Waals surface area contributed by atoms with Crippen LogP contribution >= 0.6 is 0 Å². The van der Waals surface area contributed by atoms with Gasteiger partial charge in [-0.15, -0.1) is 0 Å². The predicted octanol–water partition coefficient (Wildman–Crippen LogP) is 3.66. The molecule has 27 heavy (non-hydrogen) atoms. The van der Waals surface area contributed by atoms with Gasteiger partial charge in [0.1, 0.15) is 0 Å². The quantitative estimate of drug-likeness (QED) is 0.543. The van der Waals surface area contributed by atoms with Gasteiger partial charge < -0.3 is 11.1 Å². The summed E-state index contributed by atoms with van der Waals surface area (Å²) in [6.07, 6.45) is 1.61. The van der Waals surface area contributed by atoms with Crippen LogP contribution in [-0.2, 0) is 10.8 Å². The summed E-state index contributed by atoms with van der Waals surface area (Å²) in [6.45, 7) is 0. The topological polar surface area (TPSA) is 72.2 Å². The highest BCUT2D eigenvalue weighted by Crippen LogP contribution is 2.22. The minimum Gasteiger partial charge on any atom is -0.398 e. The molecule has 0 aliphatic heterocycles. The van der Waals surface area contributed by atoms with E-state index in [9.17, 15) is 9.00 Å². The smallest absolute Gasteiger partial charge is 0.255 e. The number of nitrogens with one attached hydrogen (secondary N) is 1. The zero-order valence-electron chi connectivity index (χ0n) is 14.7. The van der Waals surface area contributed by atoms with Crippen molar-refractivity contribution in [1.82, 2.24) is 0 Å². The van der Waals surface area contributed by atoms with Gasteiger partial charge in [0.2, 0.25) is 0 Å². The van der Waals surface area contributed by atoms with Crippen LogP contribution in [0.15, 0.2) is 77.7 Å². The van der Waals surface area contributed by atoms with Crippen molar-refractivity contribution >= 4 is 28.1 Å². The molecule has 0 aromatic heterocycles. The monoisotopic (exact) mass is 374 g/mol. The number of rotatable bonds is 3. The number of anilines is 2. The average molecular weight is 374 g/mol. The zero-order valence-corrected chi connectivity index (χ0v) is 15.5. The van der Waals surface area contributed by atoms with Crippen molar-refractivity contribution in [3.63, 3.8) is 0 Å². The van der Waals surface area contributed by atoms with Crippen molar-refractivity contribution in [1.29, 1.82) is 0 Å². The molecule has 1 amide bonds. The van der Waals surface area contributed by atoms with Crippen molar-refractivity contribution < 1.29 is 9.00 Å². The van der Waals surface area contributed by atoms with Gasteiger partial charge in [0.15, 0.2) is 0 Å². The number of nitrogens with two attached hydrogens (primary N) is 1. The molecule has 0 aliphatic carbocycles. The molecule has 0 saturated heterocycles. The van der Waals surface area contributed by atoms with Gasteiger partial charge in [-0.1, -0.05) is 48.2 Å². The molecular weight excluding hydrogens is 356 g/mol. The highest BCUT2D eigenvalue weighted by molar-refractivity contribution is 7.84. The molecule has 3 N–H and O–H groups in total. The summed E-state index contributed by atoms with van der Waals surface area (Å²) in [6, 6.07) is 21.4. The summed E-state index contributed by atoms with van der Waals surface area (Å²) in [4.78, 5) is 13.1. The SMILES string of the molecule is C[S@](=O)c1ccccc1C#Cc1c(N)cccc1NC(=O)c1ccccc1. The summed E-state index contributed by atoms with van der Waals surface area (Å²) < 4.78 is 11.9. The zero-order chi connectivity index (χ0) is 19.2. The van der Waals surface area contributed by atoms with Gasteiger partial charge in [-0.05, 0) is 36.4 Å². The average Bonchev–Trinajstić information content (AvgIpc) is 2.68. The maximum Gasteiger partial charge on any atom is 0.255 e.